The molecule has 0 radical (unpaired) electrons. The minimum Gasteiger partial charge on any atom is -0.352 e. The summed E-state index contributed by atoms with van der Waals surface area (Å²) in [5, 5.41) is 2.57. The smallest absolute Gasteiger partial charge is 0.312 e. The fraction of sp³-hybridized carbons (Fsp3) is 0.529. The summed E-state index contributed by atoms with van der Waals surface area (Å²) in [6.45, 7) is 3.62. The summed E-state index contributed by atoms with van der Waals surface area (Å²) in [6, 6.07) is 8.53. The topological polar surface area (TPSA) is 101 Å². The van der Waals surface area contributed by atoms with Crippen LogP contribution in [-0.2, 0) is 11.3 Å². The molecule has 0 bridgehead atoms. The van der Waals surface area contributed by atoms with Crippen molar-refractivity contribution < 1.29 is 9.59 Å². The van der Waals surface area contributed by atoms with Gasteiger partial charge >= 0.3 is 6.03 Å². The van der Waals surface area contributed by atoms with Gasteiger partial charge in [-0.25, -0.2) is 4.79 Å². The molecule has 0 aliphatic rings. The molecule has 0 aliphatic carbocycles. The van der Waals surface area contributed by atoms with Gasteiger partial charge < -0.3 is 21.7 Å². The van der Waals surface area contributed by atoms with E-state index in [2.05, 4.69) is 5.32 Å². The lowest BCUT2D eigenvalue weighted by Crippen LogP contribution is -2.50. The van der Waals surface area contributed by atoms with Crippen molar-refractivity contribution in [1.82, 2.24) is 10.2 Å². The predicted octanol–water partition coefficient (Wildman–Crippen LogP) is 2.01. The van der Waals surface area contributed by atoms with Gasteiger partial charge in [-0.15, -0.1) is 12.4 Å². The van der Waals surface area contributed by atoms with Crippen molar-refractivity contribution in [1.29, 1.82) is 0 Å². The van der Waals surface area contributed by atoms with Gasteiger partial charge in [-0.05, 0) is 24.9 Å². The van der Waals surface area contributed by atoms with Crippen molar-refractivity contribution in [3.63, 3.8) is 0 Å². The summed E-state index contributed by atoms with van der Waals surface area (Å²) in [5.74, 6) is -0.102. The van der Waals surface area contributed by atoms with Gasteiger partial charge in [-0.3, -0.25) is 4.79 Å². The standard InChI is InChI=1S/C17H28N4O2.ClH/c1-2-3-10-15(20-17(19)23)16(22)21(12-7-11-18)13-14-8-5-4-6-9-14;/h4-6,8-9,15H,2-3,7,10-13,18H2,1H3,(H3,19,20,23);1H. The number of carbonyl (C=O) groups excluding carboxylic acids is 2. The Labute approximate surface area is 150 Å². The lowest BCUT2D eigenvalue weighted by molar-refractivity contribution is -0.134. The van der Waals surface area contributed by atoms with Crippen molar-refractivity contribution in [3.05, 3.63) is 35.9 Å². The molecule has 0 aromatic heterocycles. The van der Waals surface area contributed by atoms with Gasteiger partial charge in [0.1, 0.15) is 6.04 Å². The number of halogens is 1. The van der Waals surface area contributed by atoms with Crippen LogP contribution in [-0.4, -0.2) is 36.0 Å². The molecular formula is C17H29ClN4O2. The average molecular weight is 357 g/mol. The summed E-state index contributed by atoms with van der Waals surface area (Å²) in [4.78, 5) is 25.8. The molecule has 5 N–H and O–H groups in total. The van der Waals surface area contributed by atoms with Crippen LogP contribution in [0.3, 0.4) is 0 Å². The van der Waals surface area contributed by atoms with Crippen molar-refractivity contribution in [2.45, 2.75) is 45.2 Å². The van der Waals surface area contributed by atoms with E-state index in [4.69, 9.17) is 11.5 Å². The Hall–Kier alpha value is -1.79. The van der Waals surface area contributed by atoms with Crippen LogP contribution in [0.5, 0.6) is 0 Å². The van der Waals surface area contributed by atoms with Gasteiger partial charge in [0.2, 0.25) is 5.91 Å². The second kappa shape index (κ2) is 12.6. The van der Waals surface area contributed by atoms with Gasteiger partial charge in [0.25, 0.3) is 0 Å². The molecule has 0 spiro atoms. The number of nitrogens with one attached hydrogen (secondary N) is 1. The minimum atomic E-state index is -0.669. The molecule has 0 fully saturated rings. The first-order valence-corrected chi connectivity index (χ1v) is 8.17. The third-order valence-corrected chi connectivity index (χ3v) is 3.62. The van der Waals surface area contributed by atoms with E-state index in [-0.39, 0.29) is 18.3 Å². The third kappa shape index (κ3) is 8.17. The number of hydrogen-bond acceptors (Lipinski definition) is 3. The number of unbranched alkanes of at least 4 members (excludes halogenated alkanes) is 1. The number of primary amides is 1. The molecule has 1 unspecified atom stereocenters. The maximum absolute atomic E-state index is 12.8. The van der Waals surface area contributed by atoms with Crippen molar-refractivity contribution >= 4 is 24.3 Å². The van der Waals surface area contributed by atoms with E-state index in [9.17, 15) is 9.59 Å². The highest BCUT2D eigenvalue weighted by molar-refractivity contribution is 5.86. The average Bonchev–Trinajstić information content (AvgIpc) is 2.55. The molecule has 0 saturated carbocycles. The number of rotatable bonds is 10. The zero-order chi connectivity index (χ0) is 17.1. The molecule has 136 valence electrons. The van der Waals surface area contributed by atoms with Crippen molar-refractivity contribution in [3.8, 4) is 0 Å². The first-order valence-electron chi connectivity index (χ1n) is 8.17. The van der Waals surface area contributed by atoms with Crippen LogP contribution in [0.25, 0.3) is 0 Å². The number of carbonyl (C=O) groups is 2. The molecule has 1 rings (SSSR count). The second-order valence-electron chi connectivity index (χ2n) is 5.59. The summed E-state index contributed by atoms with van der Waals surface area (Å²) in [5.41, 5.74) is 11.8. The van der Waals surface area contributed by atoms with Crippen LogP contribution >= 0.6 is 12.4 Å². The zero-order valence-corrected chi connectivity index (χ0v) is 15.1. The van der Waals surface area contributed by atoms with E-state index in [1.807, 2.05) is 37.3 Å². The van der Waals surface area contributed by atoms with E-state index < -0.39 is 12.1 Å². The molecule has 1 atom stereocenters. The summed E-state index contributed by atoms with van der Waals surface area (Å²) < 4.78 is 0. The van der Waals surface area contributed by atoms with E-state index in [1.54, 1.807) is 4.90 Å². The molecule has 1 aromatic carbocycles. The highest BCUT2D eigenvalue weighted by Crippen LogP contribution is 2.10. The van der Waals surface area contributed by atoms with Gasteiger partial charge in [0, 0.05) is 13.1 Å². The lowest BCUT2D eigenvalue weighted by atomic mass is 10.1. The summed E-state index contributed by atoms with van der Waals surface area (Å²) >= 11 is 0. The number of nitrogens with zero attached hydrogens (tertiary/aromatic N) is 1. The molecule has 0 heterocycles. The Kier molecular flexibility index (Phi) is 11.7. The third-order valence-electron chi connectivity index (χ3n) is 3.62. The molecule has 1 aromatic rings. The Bertz CT molecular complexity index is 485. The van der Waals surface area contributed by atoms with Crippen LogP contribution < -0.4 is 16.8 Å². The fourth-order valence-electron chi connectivity index (χ4n) is 2.41. The van der Waals surface area contributed by atoms with Crippen molar-refractivity contribution in [2.24, 2.45) is 11.5 Å². The number of urea groups is 1. The molecule has 0 saturated heterocycles. The van der Waals surface area contributed by atoms with E-state index >= 15 is 0 Å². The van der Waals surface area contributed by atoms with Gasteiger partial charge in [0.05, 0.1) is 0 Å². The first kappa shape index (κ1) is 22.2. The molecular weight excluding hydrogens is 328 g/mol. The van der Waals surface area contributed by atoms with Gasteiger partial charge in [-0.1, -0.05) is 50.1 Å². The highest BCUT2D eigenvalue weighted by atomic mass is 35.5. The minimum absolute atomic E-state index is 0. The van der Waals surface area contributed by atoms with Crippen LogP contribution in [0.1, 0.15) is 38.2 Å². The largest absolute Gasteiger partial charge is 0.352 e. The number of nitrogens with two attached hydrogens (primary N) is 2. The van der Waals surface area contributed by atoms with Crippen LogP contribution in [0.2, 0.25) is 0 Å². The second-order valence-corrected chi connectivity index (χ2v) is 5.59. The molecule has 0 aliphatic heterocycles. The highest BCUT2D eigenvalue weighted by Gasteiger charge is 2.24. The zero-order valence-electron chi connectivity index (χ0n) is 14.2. The Morgan fingerprint density at radius 1 is 1.21 bits per heavy atom. The molecule has 7 heteroatoms. The monoisotopic (exact) mass is 356 g/mol. The molecule has 3 amide bonds. The van der Waals surface area contributed by atoms with E-state index in [0.717, 1.165) is 24.8 Å². The number of hydrogen-bond donors (Lipinski definition) is 3. The quantitative estimate of drug-likeness (QED) is 0.597. The summed E-state index contributed by atoms with van der Waals surface area (Å²) in [7, 11) is 0. The van der Waals surface area contributed by atoms with Crippen LogP contribution in [0.4, 0.5) is 4.79 Å². The van der Waals surface area contributed by atoms with Crippen LogP contribution in [0, 0.1) is 0 Å². The Balaban J connectivity index is 0.00000529. The first-order chi connectivity index (χ1) is 11.1. The number of benzene rings is 1. The molecule has 24 heavy (non-hydrogen) atoms. The van der Waals surface area contributed by atoms with E-state index in [1.165, 1.54) is 0 Å². The Morgan fingerprint density at radius 3 is 2.42 bits per heavy atom. The lowest BCUT2D eigenvalue weighted by Gasteiger charge is -2.27. The van der Waals surface area contributed by atoms with Gasteiger partial charge in [-0.2, -0.15) is 0 Å². The predicted molar refractivity (Wildman–Crippen MR) is 98.8 cm³/mol. The summed E-state index contributed by atoms with van der Waals surface area (Å²) in [6.07, 6.45) is 3.11. The SMILES string of the molecule is CCCCC(NC(N)=O)C(=O)N(CCCN)Cc1ccccc1.Cl. The number of amides is 3. The molecule has 6 nitrogen and oxygen atoms in total. The normalized spacial score (nSPS) is 11.2. The van der Waals surface area contributed by atoms with E-state index in [0.29, 0.717) is 26.1 Å². The maximum atomic E-state index is 12.8. The van der Waals surface area contributed by atoms with Crippen molar-refractivity contribution in [2.75, 3.05) is 13.1 Å². The van der Waals surface area contributed by atoms with Crippen LogP contribution in [0.15, 0.2) is 30.3 Å². The Morgan fingerprint density at radius 2 is 1.88 bits per heavy atom. The maximum Gasteiger partial charge on any atom is 0.312 e. The van der Waals surface area contributed by atoms with Gasteiger partial charge in [0.15, 0.2) is 0 Å². The fourth-order valence-corrected chi connectivity index (χ4v) is 2.41.